The topological polar surface area (TPSA) is 46.3 Å². The molecule has 0 aliphatic carbocycles. The minimum absolute atomic E-state index is 0.279. The lowest BCUT2D eigenvalue weighted by Gasteiger charge is -2.32. The molecule has 1 aromatic carbocycles. The molecule has 1 unspecified atom stereocenters. The van der Waals surface area contributed by atoms with Crippen molar-refractivity contribution in [2.45, 2.75) is 19.4 Å². The van der Waals surface area contributed by atoms with Gasteiger partial charge in [0.15, 0.2) is 0 Å². The summed E-state index contributed by atoms with van der Waals surface area (Å²) in [4.78, 5) is 15.5. The zero-order chi connectivity index (χ0) is 15.5. The van der Waals surface area contributed by atoms with E-state index in [0.29, 0.717) is 0 Å². The molecule has 0 bridgehead atoms. The van der Waals surface area contributed by atoms with E-state index < -0.39 is 0 Å². The maximum absolute atomic E-state index is 12.0. The molecule has 2 aromatic rings. The number of primary amides is 1. The number of aryl methyl sites for hydroxylation is 1. The molecular formula is C18H20N2OS. The first-order chi connectivity index (χ1) is 10.6. The number of nitrogens with two attached hydrogens (primary N) is 1. The Morgan fingerprint density at radius 2 is 2.18 bits per heavy atom. The van der Waals surface area contributed by atoms with Crippen molar-refractivity contribution in [3.63, 3.8) is 0 Å². The molecule has 0 saturated carbocycles. The van der Waals surface area contributed by atoms with Gasteiger partial charge >= 0.3 is 0 Å². The summed E-state index contributed by atoms with van der Waals surface area (Å²) in [5.74, 6) is -0.279. The van der Waals surface area contributed by atoms with Crippen LogP contribution in [0.2, 0.25) is 0 Å². The minimum atomic E-state index is -0.346. The summed E-state index contributed by atoms with van der Waals surface area (Å²) in [6.45, 7) is 3.65. The van der Waals surface area contributed by atoms with Gasteiger partial charge < -0.3 is 5.73 Å². The number of benzene rings is 1. The number of carbonyl (C=O) groups is 1. The van der Waals surface area contributed by atoms with Gasteiger partial charge in [-0.1, -0.05) is 42.0 Å². The molecule has 0 radical (unpaired) electrons. The Labute approximate surface area is 135 Å². The molecule has 1 amide bonds. The third-order valence-corrected chi connectivity index (χ3v) is 5.02. The first-order valence-corrected chi connectivity index (χ1v) is 8.36. The summed E-state index contributed by atoms with van der Waals surface area (Å²) in [6.07, 6.45) is 3.18. The molecule has 4 heteroatoms. The Morgan fingerprint density at radius 3 is 2.77 bits per heavy atom. The Morgan fingerprint density at radius 1 is 1.32 bits per heavy atom. The monoisotopic (exact) mass is 312 g/mol. The molecule has 22 heavy (non-hydrogen) atoms. The van der Waals surface area contributed by atoms with Crippen LogP contribution >= 0.6 is 11.3 Å². The Balaban J connectivity index is 1.81. The van der Waals surface area contributed by atoms with Gasteiger partial charge in [-0.05, 0) is 35.9 Å². The first-order valence-electron chi connectivity index (χ1n) is 7.48. The van der Waals surface area contributed by atoms with Crippen molar-refractivity contribution in [1.29, 1.82) is 0 Å². The molecule has 0 fully saturated rings. The second-order valence-corrected chi connectivity index (χ2v) is 6.62. The van der Waals surface area contributed by atoms with Crippen molar-refractivity contribution in [2.24, 2.45) is 5.73 Å². The smallest absolute Gasteiger partial charge is 0.239 e. The molecule has 2 N–H and O–H groups in total. The predicted octanol–water partition coefficient (Wildman–Crippen LogP) is 3.37. The molecule has 1 aromatic heterocycles. The van der Waals surface area contributed by atoms with Gasteiger partial charge in [0, 0.05) is 18.0 Å². The Kier molecular flexibility index (Phi) is 4.41. The van der Waals surface area contributed by atoms with E-state index in [1.807, 2.05) is 31.2 Å². The maximum Gasteiger partial charge on any atom is 0.239 e. The quantitative estimate of drug-likeness (QED) is 0.941. The predicted molar refractivity (Wildman–Crippen MR) is 91.6 cm³/mol. The van der Waals surface area contributed by atoms with Gasteiger partial charge in [0.2, 0.25) is 5.91 Å². The number of thiophene rings is 1. The van der Waals surface area contributed by atoms with Crippen LogP contribution in [0.4, 0.5) is 0 Å². The number of hydrogen-bond acceptors (Lipinski definition) is 3. The zero-order valence-electron chi connectivity index (χ0n) is 12.7. The zero-order valence-corrected chi connectivity index (χ0v) is 13.5. The van der Waals surface area contributed by atoms with Gasteiger partial charge in [-0.2, -0.15) is 0 Å². The summed E-state index contributed by atoms with van der Waals surface area (Å²) in [5.41, 5.74) is 9.19. The molecule has 0 spiro atoms. The summed E-state index contributed by atoms with van der Waals surface area (Å²) in [5, 5.41) is 2.10. The van der Waals surface area contributed by atoms with Crippen LogP contribution in [0.3, 0.4) is 0 Å². The minimum Gasteiger partial charge on any atom is -0.368 e. The molecule has 0 saturated heterocycles. The lowest BCUT2D eigenvalue weighted by Crippen LogP contribution is -2.40. The Hall–Kier alpha value is -1.91. The van der Waals surface area contributed by atoms with Crippen LogP contribution in [0, 0.1) is 6.92 Å². The molecule has 3 nitrogen and oxygen atoms in total. The summed E-state index contributed by atoms with van der Waals surface area (Å²) < 4.78 is 0. The largest absolute Gasteiger partial charge is 0.368 e. The molecule has 2 heterocycles. The van der Waals surface area contributed by atoms with Crippen molar-refractivity contribution in [2.75, 3.05) is 13.1 Å². The Bertz CT molecular complexity index is 691. The lowest BCUT2D eigenvalue weighted by atomic mass is 9.99. The fourth-order valence-corrected chi connectivity index (χ4v) is 3.80. The third-order valence-electron chi connectivity index (χ3n) is 4.07. The second kappa shape index (κ2) is 6.46. The third kappa shape index (κ3) is 3.13. The number of amides is 1. The van der Waals surface area contributed by atoms with E-state index in [9.17, 15) is 4.79 Å². The summed E-state index contributed by atoms with van der Waals surface area (Å²) in [7, 11) is 0. The van der Waals surface area contributed by atoms with E-state index in [1.54, 1.807) is 11.3 Å². The highest BCUT2D eigenvalue weighted by Crippen LogP contribution is 2.30. The van der Waals surface area contributed by atoms with Gasteiger partial charge in [-0.25, -0.2) is 0 Å². The van der Waals surface area contributed by atoms with Crippen LogP contribution in [0.5, 0.6) is 0 Å². The van der Waals surface area contributed by atoms with Crippen molar-refractivity contribution in [3.8, 4) is 0 Å². The van der Waals surface area contributed by atoms with Crippen LogP contribution in [0.1, 0.15) is 28.5 Å². The first kappa shape index (κ1) is 15.0. The molecule has 1 aliphatic rings. The highest BCUT2D eigenvalue weighted by atomic mass is 32.1. The van der Waals surface area contributed by atoms with E-state index in [1.165, 1.54) is 10.5 Å². The van der Waals surface area contributed by atoms with E-state index in [2.05, 4.69) is 28.5 Å². The van der Waals surface area contributed by atoms with E-state index in [0.717, 1.165) is 30.6 Å². The summed E-state index contributed by atoms with van der Waals surface area (Å²) >= 11 is 1.77. The average Bonchev–Trinajstić information content (AvgIpc) is 3.02. The van der Waals surface area contributed by atoms with Gasteiger partial charge in [0.1, 0.15) is 6.04 Å². The van der Waals surface area contributed by atoms with Crippen molar-refractivity contribution < 1.29 is 4.79 Å². The molecule has 1 atom stereocenters. The van der Waals surface area contributed by atoms with E-state index in [4.69, 9.17) is 5.73 Å². The highest BCUT2D eigenvalue weighted by Gasteiger charge is 2.27. The highest BCUT2D eigenvalue weighted by molar-refractivity contribution is 7.11. The number of hydrogen-bond donors (Lipinski definition) is 1. The standard InChI is InChI=1S/C18H20N2OS/c1-13-4-2-5-15(12-13)17(18(19)21)20-9-7-14(8-10-20)16-6-3-11-22-16/h2-7,11-12,17H,8-10H2,1H3,(H2,19,21). The van der Waals surface area contributed by atoms with Gasteiger partial charge in [-0.3, -0.25) is 9.69 Å². The summed E-state index contributed by atoms with van der Waals surface area (Å²) in [6, 6.07) is 11.9. The van der Waals surface area contributed by atoms with E-state index in [-0.39, 0.29) is 11.9 Å². The van der Waals surface area contributed by atoms with Crippen LogP contribution in [0.25, 0.3) is 5.57 Å². The number of rotatable bonds is 4. The second-order valence-electron chi connectivity index (χ2n) is 5.67. The maximum atomic E-state index is 12.0. The molecule has 3 rings (SSSR count). The molecule has 114 valence electrons. The average molecular weight is 312 g/mol. The van der Waals surface area contributed by atoms with E-state index >= 15 is 0 Å². The van der Waals surface area contributed by atoms with Crippen LogP contribution in [-0.2, 0) is 4.79 Å². The number of nitrogens with zero attached hydrogens (tertiary/aromatic N) is 1. The fraction of sp³-hybridized carbons (Fsp3) is 0.278. The van der Waals surface area contributed by atoms with Crippen LogP contribution in [-0.4, -0.2) is 23.9 Å². The lowest BCUT2D eigenvalue weighted by molar-refractivity contribution is -0.123. The number of carbonyl (C=O) groups excluding carboxylic acids is 1. The molecular weight excluding hydrogens is 292 g/mol. The van der Waals surface area contributed by atoms with Gasteiger partial charge in [-0.15, -0.1) is 11.3 Å². The molecule has 1 aliphatic heterocycles. The van der Waals surface area contributed by atoms with Crippen LogP contribution < -0.4 is 5.73 Å². The van der Waals surface area contributed by atoms with Crippen molar-refractivity contribution in [1.82, 2.24) is 4.90 Å². The van der Waals surface area contributed by atoms with Gasteiger partial charge in [0.05, 0.1) is 0 Å². The SMILES string of the molecule is Cc1cccc(C(C(N)=O)N2CC=C(c3cccs3)CC2)c1. The fourth-order valence-electron chi connectivity index (χ4n) is 3.00. The normalized spacial score (nSPS) is 17.0. The van der Waals surface area contributed by atoms with Gasteiger partial charge in [0.25, 0.3) is 0 Å². The van der Waals surface area contributed by atoms with Crippen LogP contribution in [0.15, 0.2) is 47.9 Å². The van der Waals surface area contributed by atoms with Crippen molar-refractivity contribution >= 4 is 22.8 Å². The van der Waals surface area contributed by atoms with Crippen molar-refractivity contribution in [3.05, 3.63) is 63.9 Å².